The van der Waals surface area contributed by atoms with E-state index in [1.54, 1.807) is 11.3 Å². The minimum absolute atomic E-state index is 0.0532. The summed E-state index contributed by atoms with van der Waals surface area (Å²) in [5, 5.41) is 3.68. The number of nitrogens with zero attached hydrogens (tertiary/aromatic N) is 2. The average Bonchev–Trinajstić information content (AvgIpc) is 3.68. The Morgan fingerprint density at radius 2 is 1.21 bits per heavy atom. The number of thiazole rings is 1. The predicted molar refractivity (Wildman–Crippen MR) is 182 cm³/mol. The van der Waals surface area contributed by atoms with Gasteiger partial charge in [0.25, 0.3) is 0 Å². The van der Waals surface area contributed by atoms with E-state index in [-0.39, 0.29) is 5.41 Å². The van der Waals surface area contributed by atoms with Crippen molar-refractivity contribution in [3.8, 4) is 43.4 Å². The molecule has 2 aliphatic rings. The van der Waals surface area contributed by atoms with Crippen LogP contribution < -0.4 is 4.90 Å². The molecular weight excluding hydrogens is 541 g/mol. The summed E-state index contributed by atoms with van der Waals surface area (Å²) in [6, 6.07) is 48.5. The third-order valence-electron chi connectivity index (χ3n) is 9.24. The number of rotatable bonds is 4. The molecule has 9 rings (SSSR count). The summed E-state index contributed by atoms with van der Waals surface area (Å²) in [5.41, 5.74) is 13.6. The number of hydrogen-bond acceptors (Lipinski definition) is 3. The monoisotopic (exact) mass is 568 g/mol. The smallest absolute Gasteiger partial charge is 0.124 e. The Hall–Kier alpha value is -4.99. The maximum Gasteiger partial charge on any atom is 0.124 e. The van der Waals surface area contributed by atoms with Crippen LogP contribution in [-0.2, 0) is 5.41 Å². The van der Waals surface area contributed by atoms with Crippen LogP contribution in [0.2, 0.25) is 0 Å². The van der Waals surface area contributed by atoms with Crippen molar-refractivity contribution in [1.29, 1.82) is 0 Å². The SMILES string of the molecule is CC1(C)c2ccccc2-c2ccc(N(c3ccccc3)c3ccc(-c4nc5c(s4)-c4cccc6cccc-5c46)cc3)cc21. The second-order valence-electron chi connectivity index (χ2n) is 12.0. The molecule has 6 aromatic carbocycles. The van der Waals surface area contributed by atoms with Crippen LogP contribution in [0.5, 0.6) is 0 Å². The van der Waals surface area contributed by atoms with Crippen molar-refractivity contribution in [2.24, 2.45) is 0 Å². The Morgan fingerprint density at radius 3 is 2.02 bits per heavy atom. The molecule has 0 amide bonds. The molecule has 2 aliphatic carbocycles. The number of fused-ring (bicyclic) bond motifs is 6. The molecule has 1 aromatic heterocycles. The molecule has 0 fully saturated rings. The number of benzene rings is 6. The molecule has 2 nitrogen and oxygen atoms in total. The zero-order valence-corrected chi connectivity index (χ0v) is 24.8. The first-order valence-corrected chi connectivity index (χ1v) is 15.6. The lowest BCUT2D eigenvalue weighted by atomic mass is 9.82. The normalized spacial score (nSPS) is 13.5. The van der Waals surface area contributed by atoms with E-state index >= 15 is 0 Å². The average molecular weight is 569 g/mol. The maximum atomic E-state index is 5.17. The summed E-state index contributed by atoms with van der Waals surface area (Å²) >= 11 is 1.79. The van der Waals surface area contributed by atoms with E-state index in [1.807, 2.05) is 0 Å². The van der Waals surface area contributed by atoms with Crippen molar-refractivity contribution in [2.45, 2.75) is 19.3 Å². The quantitative estimate of drug-likeness (QED) is 0.210. The lowest BCUT2D eigenvalue weighted by Gasteiger charge is -2.28. The number of hydrogen-bond donors (Lipinski definition) is 0. The fourth-order valence-corrected chi connectivity index (χ4v) is 8.26. The highest BCUT2D eigenvalue weighted by molar-refractivity contribution is 7.19. The van der Waals surface area contributed by atoms with E-state index in [0.29, 0.717) is 0 Å². The molecule has 7 aromatic rings. The van der Waals surface area contributed by atoms with Crippen LogP contribution in [0.1, 0.15) is 25.0 Å². The van der Waals surface area contributed by atoms with Crippen molar-refractivity contribution in [2.75, 3.05) is 4.90 Å². The molecule has 0 aliphatic heterocycles. The highest BCUT2D eigenvalue weighted by atomic mass is 32.1. The summed E-state index contributed by atoms with van der Waals surface area (Å²) in [6.45, 7) is 4.68. The Labute approximate surface area is 255 Å². The van der Waals surface area contributed by atoms with E-state index in [9.17, 15) is 0 Å². The molecular formula is C40H28N2S. The third-order valence-corrected chi connectivity index (χ3v) is 10.4. The fourth-order valence-electron chi connectivity index (χ4n) is 7.14. The minimum Gasteiger partial charge on any atom is -0.310 e. The van der Waals surface area contributed by atoms with Gasteiger partial charge in [-0.2, -0.15) is 0 Å². The van der Waals surface area contributed by atoms with E-state index in [1.165, 1.54) is 49.0 Å². The van der Waals surface area contributed by atoms with Crippen molar-refractivity contribution in [3.05, 3.63) is 145 Å². The van der Waals surface area contributed by atoms with Gasteiger partial charge in [-0.3, -0.25) is 0 Å². The van der Waals surface area contributed by atoms with Gasteiger partial charge < -0.3 is 4.90 Å². The van der Waals surface area contributed by atoms with Gasteiger partial charge in [0, 0.05) is 39.2 Å². The van der Waals surface area contributed by atoms with Crippen LogP contribution in [0.25, 0.3) is 54.2 Å². The Balaban J connectivity index is 1.12. The van der Waals surface area contributed by atoms with Gasteiger partial charge in [-0.1, -0.05) is 98.8 Å². The van der Waals surface area contributed by atoms with Gasteiger partial charge in [0.05, 0.1) is 10.6 Å². The van der Waals surface area contributed by atoms with Crippen molar-refractivity contribution < 1.29 is 0 Å². The first-order chi connectivity index (χ1) is 21.1. The van der Waals surface area contributed by atoms with Gasteiger partial charge in [0.2, 0.25) is 0 Å². The minimum atomic E-state index is -0.0532. The van der Waals surface area contributed by atoms with Crippen LogP contribution in [0.3, 0.4) is 0 Å². The van der Waals surface area contributed by atoms with Gasteiger partial charge in [0.1, 0.15) is 5.01 Å². The first-order valence-electron chi connectivity index (χ1n) is 14.8. The molecule has 0 radical (unpaired) electrons. The second-order valence-corrected chi connectivity index (χ2v) is 13.0. The van der Waals surface area contributed by atoms with Crippen molar-refractivity contribution in [3.63, 3.8) is 0 Å². The first kappa shape index (κ1) is 24.6. The van der Waals surface area contributed by atoms with Gasteiger partial charge in [0.15, 0.2) is 0 Å². The maximum absolute atomic E-state index is 5.17. The molecule has 0 unspecified atom stereocenters. The lowest BCUT2D eigenvalue weighted by Crippen LogP contribution is -2.16. The highest BCUT2D eigenvalue weighted by Gasteiger charge is 2.35. The summed E-state index contributed by atoms with van der Waals surface area (Å²) in [5.74, 6) is 0. The van der Waals surface area contributed by atoms with Crippen LogP contribution in [-0.4, -0.2) is 4.98 Å². The lowest BCUT2D eigenvalue weighted by molar-refractivity contribution is 0.660. The second kappa shape index (κ2) is 9.00. The fraction of sp³-hybridized carbons (Fsp3) is 0.0750. The number of anilines is 3. The van der Waals surface area contributed by atoms with E-state index in [2.05, 4.69) is 152 Å². The zero-order valence-electron chi connectivity index (χ0n) is 24.0. The molecule has 1 heterocycles. The van der Waals surface area contributed by atoms with Crippen LogP contribution >= 0.6 is 11.3 Å². The van der Waals surface area contributed by atoms with Crippen LogP contribution in [0.4, 0.5) is 17.1 Å². The van der Waals surface area contributed by atoms with Gasteiger partial charge >= 0.3 is 0 Å². The van der Waals surface area contributed by atoms with E-state index < -0.39 is 0 Å². The topological polar surface area (TPSA) is 16.1 Å². The van der Waals surface area contributed by atoms with Gasteiger partial charge in [-0.05, 0) is 81.6 Å². The summed E-state index contributed by atoms with van der Waals surface area (Å²) in [7, 11) is 0. The molecule has 0 atom stereocenters. The molecule has 204 valence electrons. The van der Waals surface area contributed by atoms with Crippen molar-refractivity contribution >= 4 is 39.2 Å². The molecule has 0 saturated heterocycles. The Bertz CT molecular complexity index is 2150. The predicted octanol–water partition coefficient (Wildman–Crippen LogP) is 11.4. The highest BCUT2D eigenvalue weighted by Crippen LogP contribution is 2.52. The van der Waals surface area contributed by atoms with E-state index in [4.69, 9.17) is 4.98 Å². The van der Waals surface area contributed by atoms with Crippen LogP contribution in [0, 0.1) is 0 Å². The standard InChI is InChI=1S/C40H28N2S/c1-40(2)34-17-7-6-14-30(34)31-23-22-29(24-35(31)40)42(27-12-4-3-5-13-27)28-20-18-26(19-21-28)39-41-37-32-15-8-10-25-11-9-16-33(36(25)32)38(37)43-39/h3-24H,1-2H3. The third kappa shape index (κ3) is 3.55. The largest absolute Gasteiger partial charge is 0.310 e. The van der Waals surface area contributed by atoms with Crippen LogP contribution in [0.15, 0.2) is 133 Å². The Kier molecular flexibility index (Phi) is 5.15. The zero-order chi connectivity index (χ0) is 28.7. The summed E-state index contributed by atoms with van der Waals surface area (Å²) in [6.07, 6.45) is 0. The summed E-state index contributed by atoms with van der Waals surface area (Å²) in [4.78, 5) is 8.81. The van der Waals surface area contributed by atoms with Gasteiger partial charge in [-0.15, -0.1) is 11.3 Å². The summed E-state index contributed by atoms with van der Waals surface area (Å²) < 4.78 is 0. The molecule has 43 heavy (non-hydrogen) atoms. The number of para-hydroxylation sites is 1. The molecule has 0 spiro atoms. The van der Waals surface area contributed by atoms with E-state index in [0.717, 1.165) is 33.3 Å². The molecule has 3 heteroatoms. The molecule has 0 saturated carbocycles. The Morgan fingerprint density at radius 1 is 0.558 bits per heavy atom. The molecule has 0 bridgehead atoms. The molecule has 0 N–H and O–H groups in total. The van der Waals surface area contributed by atoms with Gasteiger partial charge in [-0.25, -0.2) is 4.98 Å². The number of aromatic nitrogens is 1. The van der Waals surface area contributed by atoms with Crippen molar-refractivity contribution in [1.82, 2.24) is 4.98 Å².